The second-order valence-electron chi connectivity index (χ2n) is 7.04. The molecule has 1 atom stereocenters. The van der Waals surface area contributed by atoms with Gasteiger partial charge in [-0.25, -0.2) is 8.42 Å². The van der Waals surface area contributed by atoms with Crippen molar-refractivity contribution in [2.24, 2.45) is 0 Å². The van der Waals surface area contributed by atoms with Crippen LogP contribution in [0.5, 0.6) is 0 Å². The predicted molar refractivity (Wildman–Crippen MR) is 108 cm³/mol. The van der Waals surface area contributed by atoms with Gasteiger partial charge in [-0.3, -0.25) is 4.31 Å². The van der Waals surface area contributed by atoms with Crippen LogP contribution in [-0.4, -0.2) is 19.1 Å². The molecule has 0 fully saturated rings. The van der Waals surface area contributed by atoms with E-state index in [0.29, 0.717) is 18.7 Å². The van der Waals surface area contributed by atoms with Gasteiger partial charge in [0.1, 0.15) is 6.17 Å². The smallest absolute Gasteiger partial charge is 0.731 e. The molecule has 2 aromatic carbocycles. The van der Waals surface area contributed by atoms with Crippen LogP contribution in [0.3, 0.4) is 0 Å². The van der Waals surface area contributed by atoms with Crippen LogP contribution in [-0.2, 0) is 16.8 Å². The first kappa shape index (κ1) is 23.2. The van der Waals surface area contributed by atoms with Crippen LogP contribution in [0.25, 0.3) is 0 Å². The van der Waals surface area contributed by atoms with E-state index in [9.17, 15) is 13.0 Å². The average molecular weight is 411 g/mol. The van der Waals surface area contributed by atoms with Crippen LogP contribution >= 0.6 is 0 Å². The van der Waals surface area contributed by atoms with Crippen molar-refractivity contribution in [2.75, 3.05) is 9.21 Å². The summed E-state index contributed by atoms with van der Waals surface area (Å²) in [6.45, 7) is 2.74. The number of hydrogen-bond donors (Lipinski definition) is 0. The van der Waals surface area contributed by atoms with E-state index in [1.165, 1.54) is 6.42 Å². The molecule has 2 aromatic rings. The Hall–Kier alpha value is -1.05. The fourth-order valence-corrected chi connectivity index (χ4v) is 4.70. The zero-order chi connectivity index (χ0) is 19.3. The summed E-state index contributed by atoms with van der Waals surface area (Å²) >= 11 is 0. The minimum absolute atomic E-state index is 0. The molecule has 5 nitrogen and oxygen atoms in total. The van der Waals surface area contributed by atoms with Crippen molar-refractivity contribution in [3.8, 4) is 0 Å². The van der Waals surface area contributed by atoms with E-state index in [-0.39, 0.29) is 29.6 Å². The molecule has 1 unspecified atom stereocenters. The van der Waals surface area contributed by atoms with Crippen molar-refractivity contribution in [1.82, 2.24) is 0 Å². The van der Waals surface area contributed by atoms with E-state index in [1.54, 1.807) is 12.1 Å². The summed E-state index contributed by atoms with van der Waals surface area (Å²) < 4.78 is 37.3. The maximum absolute atomic E-state index is 12.1. The Morgan fingerprint density at radius 1 is 0.893 bits per heavy atom. The van der Waals surface area contributed by atoms with Crippen LogP contribution in [0.1, 0.15) is 51.0 Å². The first-order valence-electron chi connectivity index (χ1n) is 9.67. The Morgan fingerprint density at radius 2 is 1.50 bits per heavy atom. The molecule has 7 heteroatoms. The third kappa shape index (κ3) is 5.51. The molecule has 0 radical (unpaired) electrons. The molecule has 28 heavy (non-hydrogen) atoms. The van der Waals surface area contributed by atoms with Crippen molar-refractivity contribution in [3.63, 3.8) is 0 Å². The second kappa shape index (κ2) is 10.6. The molecule has 3 rings (SSSR count). The summed E-state index contributed by atoms with van der Waals surface area (Å²) in [5.41, 5.74) is 2.38. The van der Waals surface area contributed by atoms with Crippen LogP contribution in [0.15, 0.2) is 54.6 Å². The number of benzene rings is 2. The van der Waals surface area contributed by atoms with Crippen molar-refractivity contribution in [1.29, 1.82) is 0 Å². The molecule has 0 aromatic heterocycles. The molecule has 0 amide bonds. The van der Waals surface area contributed by atoms with Crippen molar-refractivity contribution >= 4 is 21.7 Å². The summed E-state index contributed by atoms with van der Waals surface area (Å²) in [7, 11) is -4.60. The molecule has 1 aliphatic heterocycles. The summed E-state index contributed by atoms with van der Waals surface area (Å²) in [5.74, 6) is 0. The Bertz CT molecular complexity index is 846. The Kier molecular flexibility index (Phi) is 8.83. The summed E-state index contributed by atoms with van der Waals surface area (Å²) in [5, 5.41) is 0. The molecule has 0 saturated heterocycles. The number of nitrogens with zero attached hydrogens (tertiary/aromatic N) is 2. The van der Waals surface area contributed by atoms with Crippen LogP contribution in [0.4, 0.5) is 11.4 Å². The molecule has 146 valence electrons. The maximum Gasteiger partial charge on any atom is 1.00 e. The van der Waals surface area contributed by atoms with E-state index >= 15 is 0 Å². The molecular weight excluding hydrogens is 383 g/mol. The van der Waals surface area contributed by atoms with Gasteiger partial charge in [0.2, 0.25) is 0 Å². The van der Waals surface area contributed by atoms with Gasteiger partial charge in [0.05, 0.1) is 11.4 Å². The normalized spacial score (nSPS) is 16.0. The van der Waals surface area contributed by atoms with Crippen LogP contribution in [0.2, 0.25) is 0 Å². The fraction of sp³-hybridized carbons (Fsp3) is 0.429. The molecular formula is C21H27N2NaO3S. The van der Waals surface area contributed by atoms with Gasteiger partial charge in [-0.05, 0) is 30.5 Å². The molecule has 0 saturated carbocycles. The largest absolute Gasteiger partial charge is 1.00 e. The van der Waals surface area contributed by atoms with Crippen molar-refractivity contribution in [3.05, 3.63) is 60.2 Å². The van der Waals surface area contributed by atoms with Gasteiger partial charge >= 0.3 is 29.6 Å². The van der Waals surface area contributed by atoms with Gasteiger partial charge in [0, 0.05) is 6.54 Å². The number of para-hydroxylation sites is 2. The van der Waals surface area contributed by atoms with Gasteiger partial charge in [-0.2, -0.15) is 0 Å². The number of anilines is 2. The number of hydrogen-bond acceptors (Lipinski definition) is 4. The number of fused-ring (bicyclic) bond motifs is 1. The molecule has 0 aliphatic carbocycles. The van der Waals surface area contributed by atoms with Gasteiger partial charge in [-0.1, -0.05) is 75.1 Å². The maximum atomic E-state index is 12.1. The zero-order valence-corrected chi connectivity index (χ0v) is 19.6. The molecule has 1 aliphatic rings. The first-order valence-corrected chi connectivity index (χ1v) is 11.0. The summed E-state index contributed by atoms with van der Waals surface area (Å²) in [4.78, 5) is 2.06. The Balaban J connectivity index is 0.00000280. The Morgan fingerprint density at radius 3 is 2.14 bits per heavy atom. The van der Waals surface area contributed by atoms with Gasteiger partial charge < -0.3 is 9.45 Å². The second-order valence-corrected chi connectivity index (χ2v) is 8.29. The van der Waals surface area contributed by atoms with Crippen molar-refractivity contribution in [2.45, 2.75) is 58.2 Å². The van der Waals surface area contributed by atoms with Crippen LogP contribution in [0, 0.1) is 0 Å². The van der Waals surface area contributed by atoms with Gasteiger partial charge in [-0.15, -0.1) is 0 Å². The minimum atomic E-state index is -4.60. The van der Waals surface area contributed by atoms with E-state index < -0.39 is 16.5 Å². The summed E-state index contributed by atoms with van der Waals surface area (Å²) in [6, 6.07) is 17.2. The molecule has 0 bridgehead atoms. The average Bonchev–Trinajstić information content (AvgIpc) is 2.96. The number of unbranched alkanes of at least 4 members (excludes halogenated alkanes) is 4. The number of rotatable bonds is 9. The first-order chi connectivity index (χ1) is 13.0. The van der Waals surface area contributed by atoms with Gasteiger partial charge in [0.25, 0.3) is 0 Å². The standard InChI is InChI=1S/C21H28N2O3S.Na/c1-2-3-4-5-9-16-21-22(17-18-12-7-6-8-13-18)19-14-10-11-15-20(19)23(21)27(24,25)26;/h6-8,10-15,21H,2-5,9,16-17H2,1H3,(H,24,25,26);/q;+1/p-1. The Labute approximate surface area is 190 Å². The third-order valence-corrected chi connectivity index (χ3v) is 5.98. The monoisotopic (exact) mass is 410 g/mol. The van der Waals surface area contributed by atoms with E-state index in [4.69, 9.17) is 0 Å². The predicted octanol–water partition coefficient (Wildman–Crippen LogP) is 1.66. The van der Waals surface area contributed by atoms with E-state index in [0.717, 1.165) is 41.2 Å². The van der Waals surface area contributed by atoms with Gasteiger partial charge in [0.15, 0.2) is 10.3 Å². The zero-order valence-electron chi connectivity index (χ0n) is 16.8. The quantitative estimate of drug-likeness (QED) is 0.358. The minimum Gasteiger partial charge on any atom is -0.731 e. The van der Waals surface area contributed by atoms with Crippen LogP contribution < -0.4 is 38.8 Å². The van der Waals surface area contributed by atoms with E-state index in [1.807, 2.05) is 42.5 Å². The molecule has 1 heterocycles. The topological polar surface area (TPSA) is 63.7 Å². The third-order valence-electron chi connectivity index (χ3n) is 5.06. The van der Waals surface area contributed by atoms with Crippen molar-refractivity contribution < 1.29 is 42.5 Å². The SMILES string of the molecule is CCCCCCCC1N(Cc2ccccc2)c2ccccc2N1S(=O)(=O)[O-].[Na+]. The van der Waals surface area contributed by atoms with E-state index in [2.05, 4.69) is 11.8 Å². The molecule has 0 spiro atoms. The summed E-state index contributed by atoms with van der Waals surface area (Å²) in [6.07, 6.45) is 5.61. The fourth-order valence-electron chi connectivity index (χ4n) is 3.78. The molecule has 0 N–H and O–H groups in total.